The highest BCUT2D eigenvalue weighted by Crippen LogP contribution is 2.26. The molecule has 19 heavy (non-hydrogen) atoms. The average Bonchev–Trinajstić information content (AvgIpc) is 2.37. The molecule has 8 heteroatoms. The summed E-state index contributed by atoms with van der Waals surface area (Å²) >= 11 is 0. The zero-order chi connectivity index (χ0) is 14.4. The van der Waals surface area contributed by atoms with Gasteiger partial charge in [-0.1, -0.05) is 0 Å². The van der Waals surface area contributed by atoms with Crippen molar-refractivity contribution >= 4 is 5.91 Å². The van der Waals surface area contributed by atoms with Crippen LogP contribution in [-0.2, 0) is 28.5 Å². The van der Waals surface area contributed by atoms with Gasteiger partial charge in [0.05, 0.1) is 6.61 Å². The third kappa shape index (κ3) is 4.10. The lowest BCUT2D eigenvalue weighted by Gasteiger charge is -2.42. The van der Waals surface area contributed by atoms with Gasteiger partial charge in [-0.05, 0) is 0 Å². The van der Waals surface area contributed by atoms with Gasteiger partial charge in [0, 0.05) is 21.3 Å². The molecule has 1 heterocycles. The Morgan fingerprint density at radius 2 is 1.74 bits per heavy atom. The molecule has 0 saturated carbocycles. The normalized spacial score (nSPS) is 35.3. The number of hydrogen-bond acceptors (Lipinski definition) is 7. The molecule has 8 nitrogen and oxygen atoms in total. The maximum Gasteiger partial charge on any atom is 0.243 e. The van der Waals surface area contributed by atoms with Gasteiger partial charge in [-0.3, -0.25) is 4.79 Å². The van der Waals surface area contributed by atoms with Crippen LogP contribution in [-0.4, -0.2) is 76.3 Å². The number of methoxy groups -OCH3 is 3. The maximum atomic E-state index is 10.6. The monoisotopic (exact) mass is 279 g/mol. The Labute approximate surface area is 111 Å². The molecule has 0 aliphatic carbocycles. The van der Waals surface area contributed by atoms with Crippen molar-refractivity contribution in [2.75, 3.05) is 34.5 Å². The SMILES string of the molecule is CO[C@H]1[C@H](OC)[C@@H](OC)C(O)O[C@@H]1COCC(N)=O. The number of hydrogen-bond donors (Lipinski definition) is 2. The summed E-state index contributed by atoms with van der Waals surface area (Å²) in [6, 6.07) is 0. The highest BCUT2D eigenvalue weighted by atomic mass is 16.7. The summed E-state index contributed by atoms with van der Waals surface area (Å²) in [5, 5.41) is 9.83. The molecule has 3 N–H and O–H groups in total. The quantitative estimate of drug-likeness (QED) is 0.568. The number of amides is 1. The smallest absolute Gasteiger partial charge is 0.243 e. The number of ether oxygens (including phenoxy) is 5. The minimum atomic E-state index is -1.16. The van der Waals surface area contributed by atoms with Crippen LogP contribution in [0.15, 0.2) is 0 Å². The maximum absolute atomic E-state index is 10.6. The molecule has 1 unspecified atom stereocenters. The molecule has 1 amide bonds. The van der Waals surface area contributed by atoms with Crippen LogP contribution >= 0.6 is 0 Å². The fourth-order valence-electron chi connectivity index (χ4n) is 2.11. The standard InChI is InChI=1S/C11H21NO7/c1-15-8-6(4-18-5-7(12)13)19-11(14)10(17-3)9(8)16-2/h6,8-11,14H,4-5H2,1-3H3,(H2,12,13)/t6-,8-,9+,10-,11?/m1/s1. The second-order valence-electron chi connectivity index (χ2n) is 4.15. The fraction of sp³-hybridized carbons (Fsp3) is 0.909. The van der Waals surface area contributed by atoms with Crippen LogP contribution < -0.4 is 5.73 Å². The molecule has 0 radical (unpaired) electrons. The van der Waals surface area contributed by atoms with Crippen molar-refractivity contribution in [2.45, 2.75) is 30.7 Å². The molecule has 0 bridgehead atoms. The number of primary amides is 1. The zero-order valence-electron chi connectivity index (χ0n) is 11.3. The summed E-state index contributed by atoms with van der Waals surface area (Å²) in [5.74, 6) is -0.580. The van der Waals surface area contributed by atoms with E-state index in [-0.39, 0.29) is 13.2 Å². The number of rotatable bonds is 7. The summed E-state index contributed by atoms with van der Waals surface area (Å²) in [5.41, 5.74) is 4.97. The Kier molecular flexibility index (Phi) is 6.63. The van der Waals surface area contributed by atoms with Gasteiger partial charge in [0.1, 0.15) is 31.0 Å². The van der Waals surface area contributed by atoms with Crippen LogP contribution in [0, 0.1) is 0 Å². The molecule has 1 rings (SSSR count). The van der Waals surface area contributed by atoms with Crippen molar-refractivity contribution in [3.05, 3.63) is 0 Å². The van der Waals surface area contributed by atoms with Crippen LogP contribution in [0.25, 0.3) is 0 Å². The van der Waals surface area contributed by atoms with Crippen molar-refractivity contribution in [2.24, 2.45) is 5.73 Å². The first kappa shape index (κ1) is 16.3. The van der Waals surface area contributed by atoms with E-state index < -0.39 is 36.6 Å². The summed E-state index contributed by atoms with van der Waals surface area (Å²) in [6.45, 7) is -0.174. The Hall–Kier alpha value is -0.770. The summed E-state index contributed by atoms with van der Waals surface area (Å²) in [7, 11) is 4.42. The Morgan fingerprint density at radius 3 is 2.21 bits per heavy atom. The predicted octanol–water partition coefficient (Wildman–Crippen LogP) is -1.75. The largest absolute Gasteiger partial charge is 0.376 e. The summed E-state index contributed by atoms with van der Waals surface area (Å²) in [4.78, 5) is 10.6. The fourth-order valence-corrected chi connectivity index (χ4v) is 2.11. The van der Waals surface area contributed by atoms with Crippen molar-refractivity contribution in [1.29, 1.82) is 0 Å². The van der Waals surface area contributed by atoms with Gasteiger partial charge in [0.25, 0.3) is 0 Å². The van der Waals surface area contributed by atoms with E-state index in [0.29, 0.717) is 0 Å². The van der Waals surface area contributed by atoms with Crippen molar-refractivity contribution in [3.8, 4) is 0 Å². The van der Waals surface area contributed by atoms with Gasteiger partial charge in [0.15, 0.2) is 6.29 Å². The molecule has 0 aromatic heterocycles. The Balaban J connectivity index is 2.67. The first-order valence-electron chi connectivity index (χ1n) is 5.83. The molecule has 1 aliphatic rings. The van der Waals surface area contributed by atoms with Crippen molar-refractivity contribution < 1.29 is 33.6 Å². The first-order valence-corrected chi connectivity index (χ1v) is 5.83. The van der Waals surface area contributed by atoms with Crippen LogP contribution in [0.3, 0.4) is 0 Å². The topological polar surface area (TPSA) is 109 Å². The van der Waals surface area contributed by atoms with Gasteiger partial charge in [0.2, 0.25) is 5.91 Å². The number of nitrogens with two attached hydrogens (primary N) is 1. The summed E-state index contributed by atoms with van der Waals surface area (Å²) < 4.78 is 26.2. The number of carbonyl (C=O) groups is 1. The summed E-state index contributed by atoms with van der Waals surface area (Å²) in [6.07, 6.45) is -3.42. The van der Waals surface area contributed by atoms with E-state index in [1.807, 2.05) is 0 Å². The average molecular weight is 279 g/mol. The van der Waals surface area contributed by atoms with Crippen LogP contribution in [0.1, 0.15) is 0 Å². The van der Waals surface area contributed by atoms with E-state index in [4.69, 9.17) is 29.4 Å². The molecule has 0 aromatic carbocycles. The van der Waals surface area contributed by atoms with Gasteiger partial charge < -0.3 is 34.5 Å². The van der Waals surface area contributed by atoms with E-state index in [0.717, 1.165) is 0 Å². The minimum Gasteiger partial charge on any atom is -0.376 e. The van der Waals surface area contributed by atoms with Gasteiger partial charge in [-0.15, -0.1) is 0 Å². The van der Waals surface area contributed by atoms with Crippen LogP contribution in [0.4, 0.5) is 0 Å². The minimum absolute atomic E-state index is 0.0504. The number of carbonyl (C=O) groups excluding carboxylic acids is 1. The van der Waals surface area contributed by atoms with E-state index in [2.05, 4.69) is 0 Å². The Morgan fingerprint density at radius 1 is 1.16 bits per heavy atom. The molecule has 0 spiro atoms. The van der Waals surface area contributed by atoms with Gasteiger partial charge in [-0.2, -0.15) is 0 Å². The number of aliphatic hydroxyl groups is 1. The molecule has 1 aliphatic heterocycles. The zero-order valence-corrected chi connectivity index (χ0v) is 11.3. The third-order valence-corrected chi connectivity index (χ3v) is 2.95. The molecule has 112 valence electrons. The first-order chi connectivity index (χ1) is 9.04. The lowest BCUT2D eigenvalue weighted by molar-refractivity contribution is -0.301. The third-order valence-electron chi connectivity index (χ3n) is 2.95. The molecular weight excluding hydrogens is 258 g/mol. The number of aliphatic hydroxyl groups excluding tert-OH is 1. The van der Waals surface area contributed by atoms with E-state index in [9.17, 15) is 9.90 Å². The second-order valence-corrected chi connectivity index (χ2v) is 4.15. The Bertz CT molecular complexity index is 288. The van der Waals surface area contributed by atoms with Gasteiger partial charge >= 0.3 is 0 Å². The van der Waals surface area contributed by atoms with E-state index >= 15 is 0 Å². The predicted molar refractivity (Wildman–Crippen MR) is 63.3 cm³/mol. The lowest BCUT2D eigenvalue weighted by Crippen LogP contribution is -2.60. The van der Waals surface area contributed by atoms with Gasteiger partial charge in [-0.25, -0.2) is 0 Å². The highest BCUT2D eigenvalue weighted by molar-refractivity contribution is 5.74. The lowest BCUT2D eigenvalue weighted by atomic mass is 9.98. The molecule has 1 saturated heterocycles. The molecule has 0 aromatic rings. The van der Waals surface area contributed by atoms with Crippen LogP contribution in [0.5, 0.6) is 0 Å². The van der Waals surface area contributed by atoms with E-state index in [1.54, 1.807) is 0 Å². The molecule has 1 fully saturated rings. The van der Waals surface area contributed by atoms with Crippen molar-refractivity contribution in [1.82, 2.24) is 0 Å². The molecule has 5 atom stereocenters. The van der Waals surface area contributed by atoms with Crippen LogP contribution in [0.2, 0.25) is 0 Å². The second kappa shape index (κ2) is 7.73. The van der Waals surface area contributed by atoms with Crippen molar-refractivity contribution in [3.63, 3.8) is 0 Å². The molecular formula is C11H21NO7. The highest BCUT2D eigenvalue weighted by Gasteiger charge is 2.46. The van der Waals surface area contributed by atoms with E-state index in [1.165, 1.54) is 21.3 Å².